The summed E-state index contributed by atoms with van der Waals surface area (Å²) in [6.45, 7) is 10.2. The number of ether oxygens (including phenoxy) is 1. The normalized spacial score (nSPS) is 23.0. The van der Waals surface area contributed by atoms with Crippen molar-refractivity contribution in [2.45, 2.75) is 69.8 Å². The van der Waals surface area contributed by atoms with E-state index in [1.165, 1.54) is 0 Å². The highest BCUT2D eigenvalue weighted by molar-refractivity contribution is 5.79. The molecule has 5 heterocycles. The van der Waals surface area contributed by atoms with Gasteiger partial charge in [0.2, 0.25) is 11.7 Å². The Morgan fingerprint density at radius 1 is 0.974 bits per heavy atom. The first-order chi connectivity index (χ1) is 17.8. The summed E-state index contributed by atoms with van der Waals surface area (Å²) >= 11 is 0. The van der Waals surface area contributed by atoms with Crippen LogP contribution in [0.15, 0.2) is 6.07 Å². The molecule has 0 radical (unpaired) electrons. The van der Waals surface area contributed by atoms with E-state index in [-0.39, 0.29) is 35.2 Å². The molecular weight excluding hydrogens is 503 g/mol. The number of anilines is 2. The number of carbonyl (C=O) groups excluding carboxylic acids is 2. The molecular formula is C25H36F3N7O3. The fourth-order valence-corrected chi connectivity index (χ4v) is 5.65. The van der Waals surface area contributed by atoms with Crippen molar-refractivity contribution < 1.29 is 27.5 Å². The zero-order chi connectivity index (χ0) is 27.3. The molecule has 210 valence electrons. The Morgan fingerprint density at radius 3 is 2.11 bits per heavy atom. The third-order valence-electron chi connectivity index (χ3n) is 7.90. The molecule has 4 aliphatic rings. The molecule has 38 heavy (non-hydrogen) atoms. The molecule has 1 N–H and O–H groups in total. The summed E-state index contributed by atoms with van der Waals surface area (Å²) in [6, 6.07) is 1.83. The Hall–Kier alpha value is -2.83. The highest BCUT2D eigenvalue weighted by Gasteiger charge is 2.42. The topological polar surface area (TPSA) is 94.1 Å². The van der Waals surface area contributed by atoms with E-state index in [4.69, 9.17) is 4.74 Å². The number of carbonyl (C=O) groups is 2. The van der Waals surface area contributed by atoms with Crippen molar-refractivity contribution in [2.75, 3.05) is 62.2 Å². The molecule has 1 aromatic rings. The van der Waals surface area contributed by atoms with Crippen LogP contribution in [-0.4, -0.2) is 101 Å². The zero-order valence-corrected chi connectivity index (χ0v) is 22.2. The lowest BCUT2D eigenvalue weighted by Gasteiger charge is -2.48. The van der Waals surface area contributed by atoms with Crippen LogP contribution in [0.4, 0.5) is 29.6 Å². The minimum atomic E-state index is -4.65. The second-order valence-electron chi connectivity index (χ2n) is 11.8. The third kappa shape index (κ3) is 5.76. The van der Waals surface area contributed by atoms with Crippen LogP contribution in [0.2, 0.25) is 0 Å². The van der Waals surface area contributed by atoms with Crippen molar-refractivity contribution in [3.05, 3.63) is 11.9 Å². The fraction of sp³-hybridized carbons (Fsp3) is 0.760. The Bertz CT molecular complexity index is 1060. The Morgan fingerprint density at radius 2 is 1.58 bits per heavy atom. The van der Waals surface area contributed by atoms with Crippen LogP contribution in [-0.2, 0) is 15.7 Å². The summed E-state index contributed by atoms with van der Waals surface area (Å²) in [4.78, 5) is 39.5. The van der Waals surface area contributed by atoms with Gasteiger partial charge in [0.25, 0.3) is 0 Å². The van der Waals surface area contributed by atoms with E-state index >= 15 is 0 Å². The first kappa shape index (κ1) is 26.8. The van der Waals surface area contributed by atoms with Crippen LogP contribution in [0.25, 0.3) is 0 Å². The lowest BCUT2D eigenvalue weighted by Crippen LogP contribution is -2.64. The quantitative estimate of drug-likeness (QED) is 0.627. The van der Waals surface area contributed by atoms with Crippen molar-refractivity contribution in [3.8, 4) is 0 Å². The number of nitrogens with one attached hydrogen (secondary N) is 1. The molecule has 1 spiro atoms. The molecule has 0 aliphatic carbocycles. The molecule has 0 bridgehead atoms. The van der Waals surface area contributed by atoms with Crippen molar-refractivity contribution in [3.63, 3.8) is 0 Å². The first-order valence-corrected chi connectivity index (χ1v) is 13.3. The minimum Gasteiger partial charge on any atom is -0.444 e. The zero-order valence-electron chi connectivity index (χ0n) is 22.2. The minimum absolute atomic E-state index is 0.0423. The van der Waals surface area contributed by atoms with Crippen molar-refractivity contribution in [2.24, 2.45) is 0 Å². The van der Waals surface area contributed by atoms with Gasteiger partial charge in [-0.25, -0.2) is 14.8 Å². The van der Waals surface area contributed by atoms with E-state index in [1.54, 1.807) is 11.0 Å². The maximum absolute atomic E-state index is 13.7. The Balaban J connectivity index is 1.20. The molecule has 4 saturated heterocycles. The number of hydrogen-bond donors (Lipinski definition) is 1. The van der Waals surface area contributed by atoms with Gasteiger partial charge >= 0.3 is 12.3 Å². The number of nitrogens with zero attached hydrogens (tertiary/aromatic N) is 6. The van der Waals surface area contributed by atoms with E-state index in [2.05, 4.69) is 20.2 Å². The van der Waals surface area contributed by atoms with E-state index in [1.807, 2.05) is 30.6 Å². The molecule has 13 heteroatoms. The smallest absolute Gasteiger partial charge is 0.444 e. The van der Waals surface area contributed by atoms with E-state index < -0.39 is 17.6 Å². The van der Waals surface area contributed by atoms with Gasteiger partial charge in [-0.15, -0.1) is 0 Å². The molecule has 0 atom stereocenters. The van der Waals surface area contributed by atoms with Crippen LogP contribution in [0.3, 0.4) is 0 Å². The molecule has 0 unspecified atom stereocenters. The summed E-state index contributed by atoms with van der Waals surface area (Å²) in [5, 5.41) is 3.06. The van der Waals surface area contributed by atoms with E-state index in [9.17, 15) is 22.8 Å². The average molecular weight is 540 g/mol. The van der Waals surface area contributed by atoms with Crippen LogP contribution in [0.5, 0.6) is 0 Å². The maximum Gasteiger partial charge on any atom is 0.451 e. The van der Waals surface area contributed by atoms with Gasteiger partial charge in [-0.1, -0.05) is 0 Å². The first-order valence-electron chi connectivity index (χ1n) is 13.3. The predicted octanol–water partition coefficient (Wildman–Crippen LogP) is 2.49. The SMILES string of the molecule is CC(C)(C)OC(=O)N1CCN(C2CN(c3cc(N4CCC5(CCC(=O)N5)CC4)nc(C(F)(F)F)n3)C2)CC1. The van der Waals surface area contributed by atoms with Crippen LogP contribution in [0.1, 0.15) is 52.3 Å². The number of aromatic nitrogens is 2. The monoisotopic (exact) mass is 539 g/mol. The number of hydrogen-bond acceptors (Lipinski definition) is 8. The second-order valence-corrected chi connectivity index (χ2v) is 11.8. The summed E-state index contributed by atoms with van der Waals surface area (Å²) < 4.78 is 46.5. The highest BCUT2D eigenvalue weighted by Crippen LogP contribution is 2.36. The largest absolute Gasteiger partial charge is 0.451 e. The fourth-order valence-electron chi connectivity index (χ4n) is 5.65. The standard InChI is InChI=1S/C25H36F3N7O3/c1-23(2,3)38-22(37)34-12-10-32(11-13-34)17-15-35(16-17)19-14-18(29-21(30-19)25(26,27)28)33-8-6-24(7-9-33)5-4-20(36)31-24/h14,17H,4-13,15-16H2,1-3H3,(H,31,36). The van der Waals surface area contributed by atoms with Gasteiger partial charge in [-0.2, -0.15) is 13.2 Å². The third-order valence-corrected chi connectivity index (χ3v) is 7.90. The lowest BCUT2D eigenvalue weighted by molar-refractivity contribution is -0.144. The second kappa shape index (κ2) is 9.73. The maximum atomic E-state index is 13.7. The number of amides is 2. The van der Waals surface area contributed by atoms with Gasteiger partial charge in [0.15, 0.2) is 0 Å². The predicted molar refractivity (Wildman–Crippen MR) is 134 cm³/mol. The van der Waals surface area contributed by atoms with Gasteiger partial charge in [-0.3, -0.25) is 9.69 Å². The summed E-state index contributed by atoms with van der Waals surface area (Å²) in [6.07, 6.45) is -2.34. The van der Waals surface area contributed by atoms with E-state index in [0.717, 1.165) is 6.42 Å². The van der Waals surface area contributed by atoms with Crippen molar-refractivity contribution in [1.29, 1.82) is 0 Å². The van der Waals surface area contributed by atoms with Crippen LogP contribution < -0.4 is 15.1 Å². The summed E-state index contributed by atoms with van der Waals surface area (Å²) in [5.74, 6) is -0.536. The van der Waals surface area contributed by atoms with Gasteiger partial charge in [-0.05, 0) is 40.0 Å². The molecule has 0 saturated carbocycles. The molecule has 10 nitrogen and oxygen atoms in total. The molecule has 2 amide bonds. The van der Waals surface area contributed by atoms with Crippen molar-refractivity contribution >= 4 is 23.6 Å². The number of halogens is 3. The molecule has 0 aromatic carbocycles. The van der Waals surface area contributed by atoms with Gasteiger partial charge < -0.3 is 24.8 Å². The van der Waals surface area contributed by atoms with E-state index in [0.29, 0.717) is 71.6 Å². The number of rotatable bonds is 3. The summed E-state index contributed by atoms with van der Waals surface area (Å²) in [5.41, 5.74) is -0.787. The number of piperazine rings is 1. The van der Waals surface area contributed by atoms with Crippen LogP contribution >= 0.6 is 0 Å². The molecule has 4 fully saturated rings. The van der Waals surface area contributed by atoms with Crippen LogP contribution in [0, 0.1) is 0 Å². The Labute approximate surface area is 220 Å². The molecule has 4 aliphatic heterocycles. The number of piperidine rings is 1. The average Bonchev–Trinajstić information content (AvgIpc) is 3.17. The summed E-state index contributed by atoms with van der Waals surface area (Å²) in [7, 11) is 0. The Kier molecular flexibility index (Phi) is 6.85. The van der Waals surface area contributed by atoms with Crippen molar-refractivity contribution in [1.82, 2.24) is 25.1 Å². The van der Waals surface area contributed by atoms with Gasteiger partial charge in [0.05, 0.1) is 0 Å². The lowest BCUT2D eigenvalue weighted by atomic mass is 9.86. The highest BCUT2D eigenvalue weighted by atomic mass is 19.4. The van der Waals surface area contributed by atoms with Gasteiger partial charge in [0.1, 0.15) is 17.2 Å². The van der Waals surface area contributed by atoms with Gasteiger partial charge in [0, 0.05) is 76.4 Å². The number of alkyl halides is 3. The molecule has 5 rings (SSSR count). The molecule has 1 aromatic heterocycles.